The van der Waals surface area contributed by atoms with Gasteiger partial charge in [-0.3, -0.25) is 9.80 Å². The molecule has 2 unspecified atom stereocenters. The molecule has 0 aromatic carbocycles. The summed E-state index contributed by atoms with van der Waals surface area (Å²) < 4.78 is 20.8. The Kier molecular flexibility index (Phi) is 8.39. The van der Waals surface area contributed by atoms with Crippen LogP contribution in [0.25, 0.3) is 0 Å². The van der Waals surface area contributed by atoms with Crippen molar-refractivity contribution in [3.63, 3.8) is 0 Å². The van der Waals surface area contributed by atoms with Crippen molar-refractivity contribution in [3.05, 3.63) is 0 Å². The predicted octanol–water partition coefficient (Wildman–Crippen LogP) is -3.80. The predicted molar refractivity (Wildman–Crippen MR) is 95.8 cm³/mol. The van der Waals surface area contributed by atoms with Gasteiger partial charge in [-0.2, -0.15) is 0 Å². The fourth-order valence-electron chi connectivity index (χ4n) is 2.64. The van der Waals surface area contributed by atoms with Crippen molar-refractivity contribution in [2.24, 2.45) is 0 Å². The van der Waals surface area contributed by atoms with Gasteiger partial charge in [0.25, 0.3) is 0 Å². The van der Waals surface area contributed by atoms with E-state index in [2.05, 4.69) is 20.3 Å². The Morgan fingerprint density at radius 1 is 0.960 bits per heavy atom. The maximum Gasteiger partial charge on any atom is 0.396 e. The summed E-state index contributed by atoms with van der Waals surface area (Å²) in [4.78, 5) is 27.2. The second-order valence-electron chi connectivity index (χ2n) is 5.81. The van der Waals surface area contributed by atoms with E-state index in [0.717, 1.165) is 13.1 Å². The molecule has 138 valence electrons. The highest BCUT2D eigenvalue weighted by molar-refractivity contribution is 6.37. The minimum absolute atomic E-state index is 0.0515. The first-order valence-electron chi connectivity index (χ1n) is 8.59. The van der Waals surface area contributed by atoms with Crippen molar-refractivity contribution in [2.75, 3.05) is 52.6 Å². The fourth-order valence-corrected chi connectivity index (χ4v) is 2.64. The third-order valence-electron chi connectivity index (χ3n) is 4.19. The van der Waals surface area contributed by atoms with Gasteiger partial charge in [-0.25, -0.2) is 9.59 Å². The van der Waals surface area contributed by atoms with Crippen LogP contribution in [0.15, 0.2) is 0 Å². The van der Waals surface area contributed by atoms with E-state index in [-0.39, 0.29) is 33.0 Å². The van der Waals surface area contributed by atoms with Crippen molar-refractivity contribution in [1.29, 1.82) is 0 Å². The number of nitrogens with one attached hydrogen (secondary N) is 2. The lowest BCUT2D eigenvalue weighted by atomic mass is 10.1. The van der Waals surface area contributed by atoms with E-state index in [1.807, 2.05) is 15.7 Å². The molecule has 0 aliphatic carbocycles. The summed E-state index contributed by atoms with van der Waals surface area (Å²) in [5, 5.41) is 4.87. The number of carbonyl (C=O) groups is 2. The number of hydrogen-bond acceptors (Lipinski definition) is 8. The molecule has 0 saturated carbocycles. The molecule has 2 fully saturated rings. The first-order valence-corrected chi connectivity index (χ1v) is 8.59. The number of rotatable bonds is 8. The van der Waals surface area contributed by atoms with Crippen LogP contribution >= 0.6 is 0 Å². The van der Waals surface area contributed by atoms with Crippen LogP contribution in [0, 0.1) is 0 Å². The number of hydrogen-bond donors (Lipinski definition) is 2. The topological polar surface area (TPSA) is 102 Å². The van der Waals surface area contributed by atoms with Crippen molar-refractivity contribution in [3.8, 4) is 0 Å². The summed E-state index contributed by atoms with van der Waals surface area (Å²) in [7, 11) is 3.87. The first kappa shape index (κ1) is 19.9. The van der Waals surface area contributed by atoms with Gasteiger partial charge in [0.05, 0.1) is 25.5 Å². The van der Waals surface area contributed by atoms with Gasteiger partial charge in [0, 0.05) is 26.2 Å². The molecule has 2 atom stereocenters. The van der Waals surface area contributed by atoms with Crippen LogP contribution in [-0.2, 0) is 18.9 Å². The number of amides is 2. The monoisotopic (exact) mass is 354 g/mol. The molecule has 0 spiro atoms. The van der Waals surface area contributed by atoms with Crippen LogP contribution in [-0.4, -0.2) is 110 Å². The van der Waals surface area contributed by atoms with Crippen LogP contribution in [0.1, 0.15) is 0 Å². The number of carbonyl (C=O) groups excluding carboxylic acids is 2. The van der Waals surface area contributed by atoms with Crippen molar-refractivity contribution in [2.45, 2.75) is 12.3 Å². The molecule has 0 radical (unpaired) electrons. The summed E-state index contributed by atoms with van der Waals surface area (Å²) in [6.07, 6.45) is -1.07. The Bertz CT molecular complexity index is 411. The quantitative estimate of drug-likeness (QED) is 0.428. The number of nitrogens with zero attached hydrogens (tertiary/aromatic N) is 2. The minimum Gasteiger partial charge on any atom is -0.449 e. The second-order valence-corrected chi connectivity index (χ2v) is 5.81. The van der Waals surface area contributed by atoms with Crippen molar-refractivity contribution < 1.29 is 28.5 Å². The molecule has 0 aromatic rings. The Morgan fingerprint density at radius 3 is 1.76 bits per heavy atom. The lowest BCUT2D eigenvalue weighted by molar-refractivity contribution is 0.0814. The first-order chi connectivity index (χ1) is 12.1. The van der Waals surface area contributed by atoms with E-state index in [1.54, 1.807) is 0 Å². The minimum atomic E-state index is -0.587. The fraction of sp³-hybridized carbons (Fsp3) is 0.833. The Labute approximate surface area is 149 Å². The van der Waals surface area contributed by atoms with E-state index in [4.69, 9.17) is 18.9 Å². The van der Waals surface area contributed by atoms with E-state index >= 15 is 0 Å². The van der Waals surface area contributed by atoms with Gasteiger partial charge in [0.2, 0.25) is 0 Å². The molecule has 13 heteroatoms. The Hall–Kier alpha value is -1.43. The molecule has 2 rings (SSSR count). The number of ether oxygens (including phenoxy) is 4. The van der Waals surface area contributed by atoms with Crippen LogP contribution in [0.5, 0.6) is 0 Å². The van der Waals surface area contributed by atoms with Crippen molar-refractivity contribution >= 4 is 35.4 Å². The van der Waals surface area contributed by atoms with Gasteiger partial charge < -0.3 is 29.4 Å². The summed E-state index contributed by atoms with van der Waals surface area (Å²) in [6.45, 7) is 4.82. The van der Waals surface area contributed by atoms with Gasteiger partial charge in [0.15, 0.2) is 15.7 Å². The van der Waals surface area contributed by atoms with Gasteiger partial charge in [-0.05, 0) is 0 Å². The molecule has 0 aromatic heterocycles. The highest BCUT2D eigenvalue weighted by Gasteiger charge is 2.21. The van der Waals surface area contributed by atoms with Gasteiger partial charge in [-0.15, -0.1) is 0 Å². The zero-order valence-electron chi connectivity index (χ0n) is 14.9. The van der Waals surface area contributed by atoms with E-state index in [1.165, 1.54) is 0 Å². The summed E-state index contributed by atoms with van der Waals surface area (Å²) in [6, 6.07) is 0. The normalized spacial score (nSPS) is 24.0. The molecular weight excluding hydrogens is 329 g/mol. The van der Waals surface area contributed by atoms with Crippen LogP contribution in [0.3, 0.4) is 0 Å². The molecule has 2 N–H and O–H groups in total. The summed E-state index contributed by atoms with van der Waals surface area (Å²) >= 11 is 0. The molecule has 10 nitrogen and oxygen atoms in total. The highest BCUT2D eigenvalue weighted by atomic mass is 16.6. The Morgan fingerprint density at radius 2 is 1.40 bits per heavy atom. The van der Waals surface area contributed by atoms with Crippen LogP contribution in [0.4, 0.5) is 9.59 Å². The lowest BCUT2D eigenvalue weighted by Crippen LogP contribution is -2.43. The van der Waals surface area contributed by atoms with E-state index in [9.17, 15) is 9.59 Å². The van der Waals surface area contributed by atoms with E-state index < -0.39 is 12.2 Å². The zero-order chi connectivity index (χ0) is 18.1. The molecule has 2 amide bonds. The standard InChI is InChI=1S/C12H25B3N4O6/c13-9-18(1-5-22-9)3-7-24-11(20)16-15-17-12(21)25-8-4-19-2-6-23-10(19)14/h9-10,15H,1-8,13-14H2,(H,16,20)(H,17,21). The largest absolute Gasteiger partial charge is 0.449 e. The molecule has 2 saturated heterocycles. The highest BCUT2D eigenvalue weighted by Crippen LogP contribution is 2.05. The second kappa shape index (κ2) is 10.5. The maximum absolute atomic E-state index is 11.5. The van der Waals surface area contributed by atoms with Crippen LogP contribution in [0.2, 0.25) is 0 Å². The molecule has 25 heavy (non-hydrogen) atoms. The third-order valence-corrected chi connectivity index (χ3v) is 4.19. The summed E-state index contributed by atoms with van der Waals surface area (Å²) in [5.74, 6) is 0. The van der Waals surface area contributed by atoms with Crippen molar-refractivity contribution in [1.82, 2.24) is 20.3 Å². The molecular formula is C12H25B3N4O6. The maximum atomic E-state index is 11.5. The average molecular weight is 354 g/mol. The SMILES string of the molecule is BC1OCCN1CCOC(=O)NBNC(=O)OCCN1CCOC1B. The molecule has 2 aliphatic rings. The van der Waals surface area contributed by atoms with Gasteiger partial charge in [-0.1, -0.05) is 0 Å². The third kappa shape index (κ3) is 7.14. The van der Waals surface area contributed by atoms with E-state index in [0.29, 0.717) is 26.3 Å². The molecule has 2 aliphatic heterocycles. The zero-order valence-corrected chi connectivity index (χ0v) is 14.9. The average Bonchev–Trinajstić information content (AvgIpc) is 3.16. The molecule has 2 heterocycles. The van der Waals surface area contributed by atoms with Gasteiger partial charge >= 0.3 is 19.7 Å². The summed E-state index contributed by atoms with van der Waals surface area (Å²) in [5.41, 5.74) is 0. The van der Waals surface area contributed by atoms with Crippen LogP contribution < -0.4 is 10.5 Å². The Balaban J connectivity index is 1.44. The lowest BCUT2D eigenvalue weighted by Gasteiger charge is -2.19. The van der Waals surface area contributed by atoms with Gasteiger partial charge in [0.1, 0.15) is 13.2 Å². The smallest absolute Gasteiger partial charge is 0.396 e. The molecule has 0 bridgehead atoms.